The van der Waals surface area contributed by atoms with Gasteiger partial charge in [0, 0.05) is 35.1 Å². The van der Waals surface area contributed by atoms with Crippen LogP contribution in [0.4, 0.5) is 0 Å². The molecule has 4 nitrogen and oxygen atoms in total. The number of carbonyl (C=O) groups is 1. The summed E-state index contributed by atoms with van der Waals surface area (Å²) in [5.41, 5.74) is 2.69. The molecule has 1 saturated heterocycles. The van der Waals surface area contributed by atoms with Crippen molar-refractivity contribution in [2.24, 2.45) is 0 Å². The number of benzene rings is 1. The summed E-state index contributed by atoms with van der Waals surface area (Å²) in [6.07, 6.45) is 2.40. The maximum Gasteiger partial charge on any atom is 0.202 e. The van der Waals surface area contributed by atoms with Crippen LogP contribution < -0.4 is 4.74 Å². The zero-order chi connectivity index (χ0) is 18.0. The molecule has 1 aliphatic rings. The lowest BCUT2D eigenvalue weighted by Crippen LogP contribution is -2.18. The molecule has 0 radical (unpaired) electrons. The number of hydrogen-bond donors (Lipinski definition) is 0. The molecule has 134 valence electrons. The summed E-state index contributed by atoms with van der Waals surface area (Å²) in [6, 6.07) is 6.86. The van der Waals surface area contributed by atoms with Crippen LogP contribution in [0, 0.1) is 13.8 Å². The highest BCUT2D eigenvalue weighted by molar-refractivity contribution is 6.35. The highest BCUT2D eigenvalue weighted by Gasteiger charge is 2.21. The van der Waals surface area contributed by atoms with Gasteiger partial charge in [0.15, 0.2) is 6.61 Å². The minimum Gasteiger partial charge on any atom is -0.484 e. The van der Waals surface area contributed by atoms with E-state index in [0.29, 0.717) is 21.4 Å². The quantitative estimate of drug-likeness (QED) is 0.671. The lowest BCUT2D eigenvalue weighted by molar-refractivity contribution is 0.0914. The fraction of sp³-hybridized carbons (Fsp3) is 0.421. The molecule has 1 aromatic carbocycles. The Kier molecular flexibility index (Phi) is 5.72. The predicted molar refractivity (Wildman–Crippen MR) is 99.2 cm³/mol. The van der Waals surface area contributed by atoms with Crippen molar-refractivity contribution < 1.29 is 14.3 Å². The molecule has 1 aromatic heterocycles. The van der Waals surface area contributed by atoms with E-state index >= 15 is 0 Å². The molecule has 1 aliphatic heterocycles. The molecule has 6 heteroatoms. The Bertz CT molecular complexity index is 779. The van der Waals surface area contributed by atoms with Gasteiger partial charge in [-0.25, -0.2) is 0 Å². The van der Waals surface area contributed by atoms with Gasteiger partial charge in [-0.1, -0.05) is 23.2 Å². The van der Waals surface area contributed by atoms with Crippen molar-refractivity contribution in [2.75, 3.05) is 13.2 Å². The number of ether oxygens (including phenoxy) is 2. The zero-order valence-electron chi connectivity index (χ0n) is 14.4. The maximum atomic E-state index is 12.6. The third kappa shape index (κ3) is 4.20. The SMILES string of the molecule is Cc1cc(C(=O)COc2ccc(Cl)cc2Cl)c(C)n1C[C@H]1CCCO1. The molecule has 0 spiro atoms. The minimum atomic E-state index is -0.0716. The number of Topliss-reactive ketones (excluding diaryl/α,β-unsaturated/α-hetero) is 1. The van der Waals surface area contributed by atoms with Gasteiger partial charge < -0.3 is 14.0 Å². The maximum absolute atomic E-state index is 12.6. The number of nitrogens with zero attached hydrogens (tertiary/aromatic N) is 1. The van der Waals surface area contributed by atoms with Crippen molar-refractivity contribution in [1.82, 2.24) is 4.57 Å². The van der Waals surface area contributed by atoms with E-state index in [9.17, 15) is 4.79 Å². The van der Waals surface area contributed by atoms with E-state index < -0.39 is 0 Å². The Labute approximate surface area is 157 Å². The summed E-state index contributed by atoms with van der Waals surface area (Å²) in [5, 5.41) is 0.922. The molecule has 0 aliphatic carbocycles. The van der Waals surface area contributed by atoms with E-state index in [0.717, 1.165) is 37.4 Å². The molecular formula is C19H21Cl2NO3. The van der Waals surface area contributed by atoms with Gasteiger partial charge >= 0.3 is 0 Å². The monoisotopic (exact) mass is 381 g/mol. The fourth-order valence-corrected chi connectivity index (χ4v) is 3.63. The van der Waals surface area contributed by atoms with Crippen LogP contribution in [0.25, 0.3) is 0 Å². The van der Waals surface area contributed by atoms with E-state index in [1.807, 2.05) is 19.9 Å². The zero-order valence-corrected chi connectivity index (χ0v) is 15.9. The molecule has 0 unspecified atom stereocenters. The van der Waals surface area contributed by atoms with Crippen molar-refractivity contribution in [2.45, 2.75) is 39.3 Å². The molecule has 3 rings (SSSR count). The number of carbonyl (C=O) groups excluding carboxylic acids is 1. The summed E-state index contributed by atoms with van der Waals surface area (Å²) < 4.78 is 13.4. The van der Waals surface area contributed by atoms with Crippen LogP contribution in [0.2, 0.25) is 10.0 Å². The number of rotatable bonds is 6. The highest BCUT2D eigenvalue weighted by Crippen LogP contribution is 2.28. The standard InChI is InChI=1S/C19H21Cl2NO3/c1-12-8-16(13(2)22(12)10-15-4-3-7-24-15)18(23)11-25-19-6-5-14(20)9-17(19)21/h5-6,8-9,15H,3-4,7,10-11H2,1-2H3/t15-/m1/s1. The second-order valence-electron chi connectivity index (χ2n) is 6.32. The Balaban J connectivity index is 1.69. The third-order valence-electron chi connectivity index (χ3n) is 4.54. The van der Waals surface area contributed by atoms with E-state index in [4.69, 9.17) is 32.7 Å². The van der Waals surface area contributed by atoms with Crippen molar-refractivity contribution >= 4 is 29.0 Å². The lowest BCUT2D eigenvalue weighted by Gasteiger charge is -2.15. The van der Waals surface area contributed by atoms with Crippen LogP contribution in [-0.4, -0.2) is 29.7 Å². The van der Waals surface area contributed by atoms with Crippen LogP contribution in [0.15, 0.2) is 24.3 Å². The number of aryl methyl sites for hydroxylation is 1. The summed E-state index contributed by atoms with van der Waals surface area (Å²) in [7, 11) is 0. The average molecular weight is 382 g/mol. The molecule has 1 atom stereocenters. The molecule has 0 saturated carbocycles. The molecule has 2 aromatic rings. The molecule has 0 N–H and O–H groups in total. The summed E-state index contributed by atoms with van der Waals surface area (Å²) in [6.45, 7) is 5.52. The first kappa shape index (κ1) is 18.3. The van der Waals surface area contributed by atoms with Gasteiger partial charge in [-0.05, 0) is 51.0 Å². The largest absolute Gasteiger partial charge is 0.484 e. The van der Waals surface area contributed by atoms with Crippen LogP contribution in [0.5, 0.6) is 5.75 Å². The van der Waals surface area contributed by atoms with Gasteiger partial charge in [-0.15, -0.1) is 0 Å². The smallest absolute Gasteiger partial charge is 0.202 e. The molecule has 0 bridgehead atoms. The fourth-order valence-electron chi connectivity index (χ4n) is 3.17. The van der Waals surface area contributed by atoms with Gasteiger partial charge in [-0.2, -0.15) is 0 Å². The lowest BCUT2D eigenvalue weighted by atomic mass is 10.1. The third-order valence-corrected chi connectivity index (χ3v) is 5.07. The van der Waals surface area contributed by atoms with Gasteiger partial charge in [-0.3, -0.25) is 4.79 Å². The normalized spacial score (nSPS) is 17.0. The van der Waals surface area contributed by atoms with Crippen LogP contribution in [0.3, 0.4) is 0 Å². The van der Waals surface area contributed by atoms with Crippen LogP contribution in [-0.2, 0) is 11.3 Å². The summed E-state index contributed by atoms with van der Waals surface area (Å²) in [4.78, 5) is 12.6. The average Bonchev–Trinajstić information content (AvgIpc) is 3.17. The van der Waals surface area contributed by atoms with Gasteiger partial charge in [0.2, 0.25) is 5.78 Å². The molecule has 0 amide bonds. The molecule has 2 heterocycles. The minimum absolute atomic E-state index is 0.0639. The van der Waals surface area contributed by atoms with Crippen molar-refractivity contribution in [3.8, 4) is 5.75 Å². The molecule has 1 fully saturated rings. The summed E-state index contributed by atoms with van der Waals surface area (Å²) >= 11 is 11.9. The highest BCUT2D eigenvalue weighted by atomic mass is 35.5. The van der Waals surface area contributed by atoms with E-state index in [-0.39, 0.29) is 18.5 Å². The van der Waals surface area contributed by atoms with Crippen molar-refractivity contribution in [3.05, 3.63) is 51.3 Å². The Hall–Kier alpha value is -1.49. The van der Waals surface area contributed by atoms with Crippen LogP contribution >= 0.6 is 23.2 Å². The van der Waals surface area contributed by atoms with E-state index in [1.54, 1.807) is 18.2 Å². The van der Waals surface area contributed by atoms with Crippen LogP contribution in [0.1, 0.15) is 34.6 Å². The number of halogens is 2. The van der Waals surface area contributed by atoms with E-state index in [1.165, 1.54) is 0 Å². The number of aromatic nitrogens is 1. The second-order valence-corrected chi connectivity index (χ2v) is 7.16. The number of ketones is 1. The first-order valence-corrected chi connectivity index (χ1v) is 9.10. The number of hydrogen-bond acceptors (Lipinski definition) is 3. The van der Waals surface area contributed by atoms with Crippen molar-refractivity contribution in [1.29, 1.82) is 0 Å². The second kappa shape index (κ2) is 7.81. The Morgan fingerprint density at radius 1 is 1.32 bits per heavy atom. The predicted octanol–water partition coefficient (Wildman–Crippen LogP) is 4.85. The summed E-state index contributed by atoms with van der Waals surface area (Å²) in [5.74, 6) is 0.380. The topological polar surface area (TPSA) is 40.5 Å². The molecular weight excluding hydrogens is 361 g/mol. The van der Waals surface area contributed by atoms with Gasteiger partial charge in [0.1, 0.15) is 5.75 Å². The molecule has 25 heavy (non-hydrogen) atoms. The Morgan fingerprint density at radius 2 is 2.12 bits per heavy atom. The van der Waals surface area contributed by atoms with Gasteiger partial charge in [0.25, 0.3) is 0 Å². The van der Waals surface area contributed by atoms with Crippen molar-refractivity contribution in [3.63, 3.8) is 0 Å². The first-order valence-electron chi connectivity index (χ1n) is 8.35. The van der Waals surface area contributed by atoms with E-state index in [2.05, 4.69) is 4.57 Å². The van der Waals surface area contributed by atoms with Gasteiger partial charge in [0.05, 0.1) is 11.1 Å². The Morgan fingerprint density at radius 3 is 2.80 bits per heavy atom. The first-order chi connectivity index (χ1) is 12.0.